The van der Waals surface area contributed by atoms with Crippen LogP contribution in [0.4, 0.5) is 0 Å². The van der Waals surface area contributed by atoms with Crippen LogP contribution in [0.2, 0.25) is 0 Å². The van der Waals surface area contributed by atoms with Gasteiger partial charge in [0.1, 0.15) is 23.1 Å². The Balaban J connectivity index is 1.54. The third kappa shape index (κ3) is 4.75. The second kappa shape index (κ2) is 8.83. The highest BCUT2D eigenvalue weighted by atomic mass is 32.1. The lowest BCUT2D eigenvalue weighted by molar-refractivity contribution is -0.126. The van der Waals surface area contributed by atoms with Crippen molar-refractivity contribution in [2.24, 2.45) is 0 Å². The van der Waals surface area contributed by atoms with Gasteiger partial charge in [-0.25, -0.2) is 4.98 Å². The average molecular weight is 386 g/mol. The standard InChI is InChI=1S/C20H22N2O4S/c1-13(15-10-14(24-2)8-9-17(15)25-3)21-19(23)11-26-12-20-22-16-6-4-5-7-18(16)27-20/h4-10,13H,11-12H2,1-3H3,(H,21,23). The Hall–Kier alpha value is -2.64. The molecule has 3 rings (SSSR count). The number of hydrogen-bond acceptors (Lipinski definition) is 6. The third-order valence-corrected chi connectivity index (χ3v) is 5.09. The van der Waals surface area contributed by atoms with Gasteiger partial charge in [-0.15, -0.1) is 11.3 Å². The lowest BCUT2D eigenvalue weighted by Crippen LogP contribution is -2.30. The number of aromatic nitrogens is 1. The minimum Gasteiger partial charge on any atom is -0.497 e. The van der Waals surface area contributed by atoms with Crippen molar-refractivity contribution in [1.82, 2.24) is 10.3 Å². The van der Waals surface area contributed by atoms with Gasteiger partial charge in [0.15, 0.2) is 0 Å². The molecular weight excluding hydrogens is 364 g/mol. The van der Waals surface area contributed by atoms with Crippen LogP contribution in [0.1, 0.15) is 23.5 Å². The highest BCUT2D eigenvalue weighted by molar-refractivity contribution is 7.18. The minimum absolute atomic E-state index is 0.0352. The number of thiazole rings is 1. The van der Waals surface area contributed by atoms with Gasteiger partial charge >= 0.3 is 0 Å². The molecule has 3 aromatic rings. The lowest BCUT2D eigenvalue weighted by Gasteiger charge is -2.18. The Labute approximate surface area is 162 Å². The molecule has 0 spiro atoms. The van der Waals surface area contributed by atoms with Crippen molar-refractivity contribution >= 4 is 27.5 Å². The first-order chi connectivity index (χ1) is 13.1. The largest absolute Gasteiger partial charge is 0.497 e. The van der Waals surface area contributed by atoms with Crippen molar-refractivity contribution in [3.63, 3.8) is 0 Å². The van der Waals surface area contributed by atoms with Crippen molar-refractivity contribution in [1.29, 1.82) is 0 Å². The van der Waals surface area contributed by atoms with E-state index in [1.54, 1.807) is 25.6 Å². The molecule has 0 saturated heterocycles. The number of amides is 1. The van der Waals surface area contributed by atoms with Crippen LogP contribution >= 0.6 is 11.3 Å². The number of benzene rings is 2. The first-order valence-corrected chi connectivity index (χ1v) is 9.36. The van der Waals surface area contributed by atoms with Crippen LogP contribution in [0, 0.1) is 0 Å². The Kier molecular flexibility index (Phi) is 6.26. The maximum absolute atomic E-state index is 12.2. The van der Waals surface area contributed by atoms with E-state index in [2.05, 4.69) is 10.3 Å². The molecule has 1 amide bonds. The van der Waals surface area contributed by atoms with Crippen molar-refractivity contribution in [2.75, 3.05) is 20.8 Å². The molecule has 0 aliphatic rings. The summed E-state index contributed by atoms with van der Waals surface area (Å²) in [5.74, 6) is 1.20. The van der Waals surface area contributed by atoms with Crippen LogP contribution in [0.15, 0.2) is 42.5 Å². The van der Waals surface area contributed by atoms with Gasteiger partial charge in [-0.1, -0.05) is 12.1 Å². The van der Waals surface area contributed by atoms with Crippen molar-refractivity contribution in [3.8, 4) is 11.5 Å². The third-order valence-electron chi connectivity index (χ3n) is 4.08. The first kappa shape index (κ1) is 19.1. The van der Waals surface area contributed by atoms with Gasteiger partial charge in [-0.2, -0.15) is 0 Å². The molecule has 0 aliphatic carbocycles. The van der Waals surface area contributed by atoms with Gasteiger partial charge in [0.05, 0.1) is 37.1 Å². The Morgan fingerprint density at radius 3 is 2.74 bits per heavy atom. The molecule has 1 aromatic heterocycles. The van der Waals surface area contributed by atoms with E-state index in [1.165, 1.54) is 0 Å². The topological polar surface area (TPSA) is 69.7 Å². The maximum Gasteiger partial charge on any atom is 0.246 e. The summed E-state index contributed by atoms with van der Waals surface area (Å²) in [4.78, 5) is 16.7. The normalized spacial score (nSPS) is 12.0. The van der Waals surface area contributed by atoms with Gasteiger partial charge in [-0.05, 0) is 37.3 Å². The zero-order valence-corrected chi connectivity index (χ0v) is 16.3. The van der Waals surface area contributed by atoms with E-state index >= 15 is 0 Å². The minimum atomic E-state index is -0.242. The molecule has 1 unspecified atom stereocenters. The molecule has 27 heavy (non-hydrogen) atoms. The van der Waals surface area contributed by atoms with Crippen LogP contribution < -0.4 is 14.8 Å². The number of carbonyl (C=O) groups is 1. The fraction of sp³-hybridized carbons (Fsp3) is 0.300. The molecule has 7 heteroatoms. The molecule has 1 N–H and O–H groups in total. The molecular formula is C20H22N2O4S. The highest BCUT2D eigenvalue weighted by Crippen LogP contribution is 2.29. The lowest BCUT2D eigenvalue weighted by atomic mass is 10.1. The fourth-order valence-electron chi connectivity index (χ4n) is 2.75. The van der Waals surface area contributed by atoms with Crippen molar-refractivity contribution < 1.29 is 19.0 Å². The maximum atomic E-state index is 12.2. The van der Waals surface area contributed by atoms with Gasteiger partial charge in [0, 0.05) is 5.56 Å². The molecule has 1 atom stereocenters. The second-order valence-electron chi connectivity index (χ2n) is 5.97. The van der Waals surface area contributed by atoms with Crippen molar-refractivity contribution in [3.05, 3.63) is 53.0 Å². The number of carbonyl (C=O) groups excluding carboxylic acids is 1. The number of nitrogens with zero attached hydrogens (tertiary/aromatic N) is 1. The summed E-state index contributed by atoms with van der Waals surface area (Å²) in [5, 5.41) is 3.77. The quantitative estimate of drug-likeness (QED) is 0.639. The molecule has 142 valence electrons. The summed E-state index contributed by atoms with van der Waals surface area (Å²) in [7, 11) is 3.20. The average Bonchev–Trinajstić information content (AvgIpc) is 3.10. The van der Waals surface area contributed by atoms with E-state index in [-0.39, 0.29) is 18.6 Å². The Morgan fingerprint density at radius 2 is 2.00 bits per heavy atom. The summed E-state index contributed by atoms with van der Waals surface area (Å²) in [5.41, 5.74) is 1.79. The zero-order chi connectivity index (χ0) is 19.2. The monoisotopic (exact) mass is 386 g/mol. The van der Waals surface area contributed by atoms with Gasteiger partial charge in [0.2, 0.25) is 5.91 Å². The number of hydrogen-bond donors (Lipinski definition) is 1. The van der Waals surface area contributed by atoms with Crippen molar-refractivity contribution in [2.45, 2.75) is 19.6 Å². The number of ether oxygens (including phenoxy) is 3. The zero-order valence-electron chi connectivity index (χ0n) is 15.5. The van der Waals surface area contributed by atoms with Gasteiger partial charge < -0.3 is 19.5 Å². The van der Waals surface area contributed by atoms with Crippen LogP contribution in [0.25, 0.3) is 10.2 Å². The van der Waals surface area contributed by atoms with Gasteiger partial charge in [-0.3, -0.25) is 4.79 Å². The molecule has 2 aromatic carbocycles. The number of methoxy groups -OCH3 is 2. The van der Waals surface area contributed by atoms with Crippen LogP contribution in [-0.4, -0.2) is 31.7 Å². The number of nitrogens with one attached hydrogen (secondary N) is 1. The second-order valence-corrected chi connectivity index (χ2v) is 7.08. The predicted octanol–water partition coefficient (Wildman–Crippen LogP) is 3.71. The molecule has 0 fully saturated rings. The van der Waals surface area contributed by atoms with E-state index in [9.17, 15) is 4.79 Å². The fourth-order valence-corrected chi connectivity index (χ4v) is 3.66. The summed E-state index contributed by atoms with van der Waals surface area (Å²) < 4.78 is 17.3. The summed E-state index contributed by atoms with van der Waals surface area (Å²) in [6, 6.07) is 13.2. The molecule has 0 saturated carbocycles. The van der Waals surface area contributed by atoms with E-state index in [0.717, 1.165) is 20.8 Å². The number of rotatable bonds is 8. The Morgan fingerprint density at radius 1 is 1.19 bits per heavy atom. The summed E-state index contributed by atoms with van der Waals surface area (Å²) >= 11 is 1.57. The highest BCUT2D eigenvalue weighted by Gasteiger charge is 2.15. The number of para-hydroxylation sites is 1. The molecule has 0 bridgehead atoms. The molecule has 1 heterocycles. The summed E-state index contributed by atoms with van der Waals surface area (Å²) in [6.45, 7) is 2.17. The number of fused-ring (bicyclic) bond motifs is 1. The predicted molar refractivity (Wildman–Crippen MR) is 105 cm³/mol. The first-order valence-electron chi connectivity index (χ1n) is 8.54. The summed E-state index contributed by atoms with van der Waals surface area (Å²) in [6.07, 6.45) is 0. The van der Waals surface area contributed by atoms with E-state index in [4.69, 9.17) is 14.2 Å². The van der Waals surface area contributed by atoms with E-state index in [1.807, 2.05) is 49.4 Å². The van der Waals surface area contributed by atoms with E-state index < -0.39 is 0 Å². The molecule has 0 radical (unpaired) electrons. The van der Waals surface area contributed by atoms with Crippen LogP contribution in [0.3, 0.4) is 0 Å². The van der Waals surface area contributed by atoms with Crippen LogP contribution in [-0.2, 0) is 16.1 Å². The smallest absolute Gasteiger partial charge is 0.246 e. The van der Waals surface area contributed by atoms with E-state index in [0.29, 0.717) is 18.1 Å². The molecule has 0 aliphatic heterocycles. The van der Waals surface area contributed by atoms with Gasteiger partial charge in [0.25, 0.3) is 0 Å². The Bertz CT molecular complexity index is 892. The SMILES string of the molecule is COc1ccc(OC)c(C(C)NC(=O)COCc2nc3ccccc3s2)c1. The molecule has 6 nitrogen and oxygen atoms in total. The van der Waals surface area contributed by atoms with Crippen LogP contribution in [0.5, 0.6) is 11.5 Å².